The smallest absolute Gasteiger partial charge is 0.410 e. The first-order valence-corrected chi connectivity index (χ1v) is 9.08. The van der Waals surface area contributed by atoms with Crippen LogP contribution in [-0.2, 0) is 4.74 Å². The fraction of sp³-hybridized carbons (Fsp3) is 0.471. The molecule has 0 atom stereocenters. The fourth-order valence-corrected chi connectivity index (χ4v) is 3.26. The number of ether oxygens (including phenoxy) is 1. The quantitative estimate of drug-likeness (QED) is 0.891. The first-order chi connectivity index (χ1) is 11.8. The van der Waals surface area contributed by atoms with Crippen LogP contribution in [0.25, 0.3) is 10.6 Å². The summed E-state index contributed by atoms with van der Waals surface area (Å²) in [6, 6.07) is 5.71. The summed E-state index contributed by atoms with van der Waals surface area (Å²) in [6.45, 7) is 7.39. The molecule has 1 fully saturated rings. The van der Waals surface area contributed by atoms with E-state index in [-0.39, 0.29) is 12.0 Å². The molecule has 0 aliphatic carbocycles. The number of rotatable bonds is 2. The zero-order chi connectivity index (χ0) is 18.0. The maximum Gasteiger partial charge on any atom is 0.410 e. The number of amides is 2. The molecule has 2 aromatic heterocycles. The Morgan fingerprint density at radius 3 is 2.48 bits per heavy atom. The van der Waals surface area contributed by atoms with E-state index >= 15 is 0 Å². The third-order valence-corrected chi connectivity index (χ3v) is 4.71. The van der Waals surface area contributed by atoms with Gasteiger partial charge in [0.15, 0.2) is 5.69 Å². The van der Waals surface area contributed by atoms with Gasteiger partial charge in [-0.15, -0.1) is 11.3 Å². The molecule has 0 unspecified atom stereocenters. The Morgan fingerprint density at radius 2 is 1.88 bits per heavy atom. The molecule has 2 amide bonds. The molecule has 3 heterocycles. The molecule has 0 aromatic carbocycles. The minimum Gasteiger partial charge on any atom is -0.444 e. The van der Waals surface area contributed by atoms with Gasteiger partial charge in [0.2, 0.25) is 0 Å². The molecule has 0 bridgehead atoms. The van der Waals surface area contributed by atoms with Gasteiger partial charge in [0, 0.05) is 26.2 Å². The van der Waals surface area contributed by atoms with Crippen molar-refractivity contribution in [2.45, 2.75) is 26.4 Å². The van der Waals surface area contributed by atoms with Crippen LogP contribution in [0.5, 0.6) is 0 Å². The van der Waals surface area contributed by atoms with Crippen LogP contribution in [0.1, 0.15) is 31.3 Å². The molecule has 0 spiro atoms. The molecule has 1 saturated heterocycles. The highest BCUT2D eigenvalue weighted by molar-refractivity contribution is 7.13. The molecular weight excluding hydrogens is 340 g/mol. The van der Waals surface area contributed by atoms with Gasteiger partial charge in [-0.3, -0.25) is 9.89 Å². The highest BCUT2D eigenvalue weighted by Crippen LogP contribution is 2.23. The van der Waals surface area contributed by atoms with E-state index in [0.717, 1.165) is 10.6 Å². The molecule has 1 aliphatic heterocycles. The van der Waals surface area contributed by atoms with E-state index in [9.17, 15) is 9.59 Å². The molecule has 7 nitrogen and oxygen atoms in total. The Balaban J connectivity index is 1.58. The second-order valence-corrected chi connectivity index (χ2v) is 7.85. The average Bonchev–Trinajstić information content (AvgIpc) is 3.23. The van der Waals surface area contributed by atoms with Crippen molar-refractivity contribution in [1.82, 2.24) is 20.0 Å². The standard InChI is InChI=1S/C17H22N4O3S/c1-17(2,3)24-16(23)21-8-6-20(7-9-21)15(22)13-11-12(18-19-13)14-5-4-10-25-14/h4-5,10-11H,6-9H2,1-3H3,(H,18,19). The predicted molar refractivity (Wildman–Crippen MR) is 95.6 cm³/mol. The van der Waals surface area contributed by atoms with Gasteiger partial charge in [0.1, 0.15) is 5.60 Å². The highest BCUT2D eigenvalue weighted by atomic mass is 32.1. The largest absolute Gasteiger partial charge is 0.444 e. The highest BCUT2D eigenvalue weighted by Gasteiger charge is 2.28. The van der Waals surface area contributed by atoms with E-state index in [0.29, 0.717) is 31.9 Å². The summed E-state index contributed by atoms with van der Waals surface area (Å²) in [5, 5.41) is 9.02. The van der Waals surface area contributed by atoms with E-state index in [1.807, 2.05) is 38.3 Å². The number of carbonyl (C=O) groups excluding carboxylic acids is 2. The van der Waals surface area contributed by atoms with Crippen molar-refractivity contribution in [2.24, 2.45) is 0 Å². The topological polar surface area (TPSA) is 78.5 Å². The lowest BCUT2D eigenvalue weighted by atomic mass is 10.2. The Labute approximate surface area is 150 Å². The van der Waals surface area contributed by atoms with E-state index in [1.165, 1.54) is 0 Å². The predicted octanol–water partition coefficient (Wildman–Crippen LogP) is 2.83. The van der Waals surface area contributed by atoms with Gasteiger partial charge in [-0.05, 0) is 38.3 Å². The van der Waals surface area contributed by atoms with Crippen LogP contribution in [0.4, 0.5) is 4.79 Å². The van der Waals surface area contributed by atoms with Gasteiger partial charge in [-0.25, -0.2) is 4.79 Å². The molecule has 2 aromatic rings. The number of piperazine rings is 1. The van der Waals surface area contributed by atoms with Gasteiger partial charge in [-0.2, -0.15) is 5.10 Å². The summed E-state index contributed by atoms with van der Waals surface area (Å²) in [7, 11) is 0. The second-order valence-electron chi connectivity index (χ2n) is 6.90. The number of nitrogens with zero attached hydrogens (tertiary/aromatic N) is 3. The maximum atomic E-state index is 12.6. The minimum atomic E-state index is -0.517. The van der Waals surface area contributed by atoms with Crippen molar-refractivity contribution < 1.29 is 14.3 Å². The average molecular weight is 362 g/mol. The first kappa shape index (κ1) is 17.5. The van der Waals surface area contributed by atoms with Crippen LogP contribution in [-0.4, -0.2) is 63.8 Å². The Morgan fingerprint density at radius 1 is 1.20 bits per heavy atom. The number of nitrogens with one attached hydrogen (secondary N) is 1. The summed E-state index contributed by atoms with van der Waals surface area (Å²) in [6.07, 6.45) is -0.334. The van der Waals surface area contributed by atoms with Gasteiger partial charge in [0.25, 0.3) is 5.91 Å². The number of aromatic amines is 1. The Hall–Kier alpha value is -2.35. The molecule has 1 aliphatic rings. The van der Waals surface area contributed by atoms with Crippen molar-refractivity contribution in [1.29, 1.82) is 0 Å². The number of hydrogen-bond acceptors (Lipinski definition) is 5. The lowest BCUT2D eigenvalue weighted by molar-refractivity contribution is 0.0140. The maximum absolute atomic E-state index is 12.6. The molecule has 25 heavy (non-hydrogen) atoms. The van der Waals surface area contributed by atoms with E-state index in [4.69, 9.17) is 4.74 Å². The molecule has 134 valence electrons. The monoisotopic (exact) mass is 362 g/mol. The van der Waals surface area contributed by atoms with Gasteiger partial charge in [0.05, 0.1) is 10.6 Å². The lowest BCUT2D eigenvalue weighted by Crippen LogP contribution is -2.51. The molecular formula is C17H22N4O3S. The third-order valence-electron chi connectivity index (χ3n) is 3.80. The fourth-order valence-electron chi connectivity index (χ4n) is 2.57. The molecule has 0 radical (unpaired) electrons. The minimum absolute atomic E-state index is 0.122. The van der Waals surface area contributed by atoms with Crippen LogP contribution in [0, 0.1) is 0 Å². The van der Waals surface area contributed by atoms with Crippen molar-refractivity contribution in [3.63, 3.8) is 0 Å². The second kappa shape index (κ2) is 6.87. The summed E-state index contributed by atoms with van der Waals surface area (Å²) < 4.78 is 5.37. The van der Waals surface area contributed by atoms with Gasteiger partial charge >= 0.3 is 6.09 Å². The normalized spacial score (nSPS) is 15.3. The van der Waals surface area contributed by atoms with E-state index < -0.39 is 5.60 Å². The number of aromatic nitrogens is 2. The van der Waals surface area contributed by atoms with Crippen LogP contribution in [0.15, 0.2) is 23.6 Å². The molecule has 8 heteroatoms. The SMILES string of the molecule is CC(C)(C)OC(=O)N1CCN(C(=O)c2cc(-c3cccs3)[nH]n2)CC1. The number of H-pyrrole nitrogens is 1. The van der Waals surface area contributed by atoms with Crippen LogP contribution < -0.4 is 0 Å². The molecule has 1 N–H and O–H groups in total. The first-order valence-electron chi connectivity index (χ1n) is 8.20. The van der Waals surface area contributed by atoms with Crippen LogP contribution in [0.3, 0.4) is 0 Å². The van der Waals surface area contributed by atoms with Crippen molar-refractivity contribution >= 4 is 23.3 Å². The zero-order valence-electron chi connectivity index (χ0n) is 14.6. The zero-order valence-corrected chi connectivity index (χ0v) is 15.4. The molecule has 0 saturated carbocycles. The van der Waals surface area contributed by atoms with Crippen molar-refractivity contribution in [3.05, 3.63) is 29.3 Å². The van der Waals surface area contributed by atoms with Crippen molar-refractivity contribution in [3.8, 4) is 10.6 Å². The number of hydrogen-bond donors (Lipinski definition) is 1. The lowest BCUT2D eigenvalue weighted by Gasteiger charge is -2.35. The van der Waals surface area contributed by atoms with Crippen molar-refractivity contribution in [2.75, 3.05) is 26.2 Å². The summed E-state index contributed by atoms with van der Waals surface area (Å²) >= 11 is 1.59. The molecule has 3 rings (SSSR count). The van der Waals surface area contributed by atoms with Gasteiger partial charge < -0.3 is 14.5 Å². The van der Waals surface area contributed by atoms with Crippen LogP contribution >= 0.6 is 11.3 Å². The number of carbonyl (C=O) groups is 2. The number of thiophene rings is 1. The summed E-state index contributed by atoms with van der Waals surface area (Å²) in [5.74, 6) is -0.122. The van der Waals surface area contributed by atoms with Gasteiger partial charge in [-0.1, -0.05) is 6.07 Å². The Kier molecular flexibility index (Phi) is 4.80. The Bertz CT molecular complexity index is 740. The van der Waals surface area contributed by atoms with E-state index in [1.54, 1.807) is 27.2 Å². The van der Waals surface area contributed by atoms with Crippen LogP contribution in [0.2, 0.25) is 0 Å². The summed E-state index contributed by atoms with van der Waals surface area (Å²) in [5.41, 5.74) is 0.719. The third kappa shape index (κ3) is 4.19. The van der Waals surface area contributed by atoms with E-state index in [2.05, 4.69) is 10.2 Å². The summed E-state index contributed by atoms with van der Waals surface area (Å²) in [4.78, 5) is 29.1.